The molecular formula is C51H32N4O2. The van der Waals surface area contributed by atoms with Crippen LogP contribution in [0.1, 0.15) is 22.9 Å². The van der Waals surface area contributed by atoms with E-state index in [-0.39, 0.29) is 6.17 Å². The smallest absolute Gasteiger partial charge is 0.163 e. The monoisotopic (exact) mass is 732 g/mol. The minimum atomic E-state index is -0.307. The van der Waals surface area contributed by atoms with E-state index >= 15 is 0 Å². The van der Waals surface area contributed by atoms with Crippen molar-refractivity contribution in [1.82, 2.24) is 9.88 Å². The molecule has 0 radical (unpaired) electrons. The molecule has 1 aliphatic heterocycles. The molecule has 6 nitrogen and oxygen atoms in total. The van der Waals surface area contributed by atoms with Gasteiger partial charge in [-0.2, -0.15) is 0 Å². The third-order valence-electron chi connectivity index (χ3n) is 11.3. The number of aromatic nitrogens is 1. The number of nitrogens with one attached hydrogen (secondary N) is 1. The molecule has 8 aromatic carbocycles. The van der Waals surface area contributed by atoms with Gasteiger partial charge < -0.3 is 18.7 Å². The first-order valence-corrected chi connectivity index (χ1v) is 19.2. The fourth-order valence-electron chi connectivity index (χ4n) is 8.66. The maximum Gasteiger partial charge on any atom is 0.163 e. The molecule has 1 unspecified atom stereocenters. The van der Waals surface area contributed by atoms with Crippen molar-refractivity contribution in [1.29, 1.82) is 0 Å². The summed E-state index contributed by atoms with van der Waals surface area (Å²) in [5.74, 6) is 1.39. The summed E-state index contributed by atoms with van der Waals surface area (Å²) in [6.07, 6.45) is -0.307. The lowest BCUT2D eigenvalue weighted by Crippen LogP contribution is -2.33. The first-order valence-electron chi connectivity index (χ1n) is 19.2. The number of nitrogens with zero attached hydrogens (tertiary/aromatic N) is 3. The highest BCUT2D eigenvalue weighted by atomic mass is 16.3. The van der Waals surface area contributed by atoms with Gasteiger partial charge in [0.15, 0.2) is 5.84 Å². The van der Waals surface area contributed by atoms with E-state index < -0.39 is 0 Å². The van der Waals surface area contributed by atoms with Gasteiger partial charge in [-0.05, 0) is 65.2 Å². The van der Waals surface area contributed by atoms with Crippen LogP contribution in [0.2, 0.25) is 0 Å². The first kappa shape index (κ1) is 31.6. The molecule has 11 aromatic rings. The van der Waals surface area contributed by atoms with Crippen molar-refractivity contribution in [2.24, 2.45) is 9.98 Å². The second-order valence-electron chi connectivity index (χ2n) is 14.6. The highest BCUT2D eigenvalue weighted by molar-refractivity contribution is 6.21. The van der Waals surface area contributed by atoms with E-state index in [1.165, 1.54) is 21.8 Å². The van der Waals surface area contributed by atoms with Crippen molar-refractivity contribution in [3.63, 3.8) is 0 Å². The normalized spacial score (nSPS) is 14.5. The molecule has 1 atom stereocenters. The predicted molar refractivity (Wildman–Crippen MR) is 233 cm³/mol. The van der Waals surface area contributed by atoms with Crippen molar-refractivity contribution < 1.29 is 8.83 Å². The fourth-order valence-corrected chi connectivity index (χ4v) is 8.66. The molecule has 0 aliphatic carbocycles. The number of amidine groups is 2. The second kappa shape index (κ2) is 12.4. The number of para-hydroxylation sites is 3. The Morgan fingerprint density at radius 1 is 0.474 bits per heavy atom. The summed E-state index contributed by atoms with van der Waals surface area (Å²) < 4.78 is 15.6. The van der Waals surface area contributed by atoms with Gasteiger partial charge in [0.25, 0.3) is 0 Å². The van der Waals surface area contributed by atoms with Crippen molar-refractivity contribution in [2.75, 3.05) is 0 Å². The van der Waals surface area contributed by atoms with E-state index in [9.17, 15) is 0 Å². The molecule has 0 spiro atoms. The molecule has 0 bridgehead atoms. The van der Waals surface area contributed by atoms with Gasteiger partial charge in [-0.15, -0.1) is 0 Å². The number of hydrogen-bond donors (Lipinski definition) is 1. The maximum atomic E-state index is 6.74. The second-order valence-corrected chi connectivity index (χ2v) is 14.6. The van der Waals surface area contributed by atoms with Gasteiger partial charge >= 0.3 is 0 Å². The van der Waals surface area contributed by atoms with Crippen molar-refractivity contribution in [3.05, 3.63) is 199 Å². The summed E-state index contributed by atoms with van der Waals surface area (Å²) in [5, 5.41) is 10.2. The van der Waals surface area contributed by atoms with E-state index in [1.807, 2.05) is 42.5 Å². The van der Waals surface area contributed by atoms with E-state index in [2.05, 4.69) is 149 Å². The Morgan fingerprint density at radius 3 is 1.98 bits per heavy atom. The SMILES string of the molecule is c1ccc(C2=NC(c3cccc4c3oc3cccc(-c5ccc6oc7cc(-n8c9ccccc9c9ccccc98)ccc7c6c5)c34)=NC(c3ccccc3)N2)cc1. The molecule has 0 fully saturated rings. The summed E-state index contributed by atoms with van der Waals surface area (Å²) in [6, 6.07) is 63.2. The number of rotatable bonds is 5. The van der Waals surface area contributed by atoms with Gasteiger partial charge in [-0.1, -0.05) is 127 Å². The third-order valence-corrected chi connectivity index (χ3v) is 11.3. The van der Waals surface area contributed by atoms with Gasteiger partial charge in [-0.25, -0.2) is 9.98 Å². The number of furan rings is 2. The van der Waals surface area contributed by atoms with Crippen LogP contribution in [0.5, 0.6) is 0 Å². The van der Waals surface area contributed by atoms with Gasteiger partial charge in [0.05, 0.1) is 16.6 Å². The van der Waals surface area contributed by atoms with Crippen LogP contribution in [0.15, 0.2) is 201 Å². The van der Waals surface area contributed by atoms with Crippen LogP contribution < -0.4 is 5.32 Å². The van der Waals surface area contributed by atoms with Gasteiger partial charge in [0, 0.05) is 49.6 Å². The molecule has 268 valence electrons. The Labute approximate surface area is 326 Å². The van der Waals surface area contributed by atoms with E-state index in [4.69, 9.17) is 18.8 Å². The van der Waals surface area contributed by atoms with Crippen LogP contribution in [-0.2, 0) is 0 Å². The van der Waals surface area contributed by atoms with E-state index in [1.54, 1.807) is 0 Å². The zero-order valence-electron chi connectivity index (χ0n) is 30.6. The first-order chi connectivity index (χ1) is 28.2. The molecule has 0 amide bonds. The van der Waals surface area contributed by atoms with Crippen LogP contribution >= 0.6 is 0 Å². The Kier molecular flexibility index (Phi) is 6.89. The number of fused-ring (bicyclic) bond motifs is 9. The minimum absolute atomic E-state index is 0.307. The number of aliphatic imine (C=N–C) groups is 2. The Balaban J connectivity index is 0.986. The van der Waals surface area contributed by atoms with Crippen LogP contribution in [0, 0.1) is 0 Å². The highest BCUT2D eigenvalue weighted by Crippen LogP contribution is 2.41. The van der Waals surface area contributed by atoms with Crippen molar-refractivity contribution in [2.45, 2.75) is 6.17 Å². The van der Waals surface area contributed by atoms with Crippen LogP contribution in [0.3, 0.4) is 0 Å². The topological polar surface area (TPSA) is 68.0 Å². The quantitative estimate of drug-likeness (QED) is 0.192. The van der Waals surface area contributed by atoms with Crippen LogP contribution in [0.25, 0.3) is 82.5 Å². The summed E-state index contributed by atoms with van der Waals surface area (Å²) in [6.45, 7) is 0. The third kappa shape index (κ3) is 4.97. The predicted octanol–water partition coefficient (Wildman–Crippen LogP) is 12.7. The van der Waals surface area contributed by atoms with Gasteiger partial charge in [0.1, 0.15) is 34.3 Å². The Hall–Kier alpha value is -7.70. The summed E-state index contributed by atoms with van der Waals surface area (Å²) in [5.41, 5.74) is 11.8. The average molecular weight is 733 g/mol. The highest BCUT2D eigenvalue weighted by Gasteiger charge is 2.24. The average Bonchev–Trinajstić information content (AvgIpc) is 3.96. The summed E-state index contributed by atoms with van der Waals surface area (Å²) in [7, 11) is 0. The van der Waals surface area contributed by atoms with E-state index in [0.717, 1.165) is 83.2 Å². The molecule has 0 saturated carbocycles. The van der Waals surface area contributed by atoms with Crippen molar-refractivity contribution >= 4 is 77.4 Å². The molecule has 4 heterocycles. The molecule has 12 rings (SSSR count). The molecule has 1 N–H and O–H groups in total. The lowest BCUT2D eigenvalue weighted by atomic mass is 9.97. The number of hydrogen-bond acceptors (Lipinski definition) is 5. The lowest BCUT2D eigenvalue weighted by Gasteiger charge is -2.23. The fraction of sp³-hybridized carbons (Fsp3) is 0.0196. The standard InChI is InChI=1S/C51H32N4O2/c1-3-13-31(14-4-1)49-52-50(32-15-5-2-6-16-32)54-51(53-49)40-21-11-20-39-47-35(19-12-24-45(47)57-48(39)40)33-25-28-44-41(29-33)38-27-26-34(30-46(38)56-44)55-42-22-9-7-17-36(42)37-18-8-10-23-43(37)55/h1-30,49H,(H,52,53,54). The van der Waals surface area contributed by atoms with Crippen LogP contribution in [0.4, 0.5) is 0 Å². The van der Waals surface area contributed by atoms with Crippen LogP contribution in [-0.4, -0.2) is 16.2 Å². The molecular weight excluding hydrogens is 701 g/mol. The lowest BCUT2D eigenvalue weighted by molar-refractivity contribution is 0.663. The van der Waals surface area contributed by atoms with Crippen molar-refractivity contribution in [3.8, 4) is 16.8 Å². The minimum Gasteiger partial charge on any atom is -0.456 e. The molecule has 57 heavy (non-hydrogen) atoms. The largest absolute Gasteiger partial charge is 0.456 e. The summed E-state index contributed by atoms with van der Waals surface area (Å²) in [4.78, 5) is 10.2. The Morgan fingerprint density at radius 2 is 1.18 bits per heavy atom. The zero-order valence-corrected chi connectivity index (χ0v) is 30.6. The summed E-state index contributed by atoms with van der Waals surface area (Å²) >= 11 is 0. The molecule has 0 saturated heterocycles. The molecule has 3 aromatic heterocycles. The van der Waals surface area contributed by atoms with Gasteiger partial charge in [0.2, 0.25) is 0 Å². The van der Waals surface area contributed by atoms with E-state index in [0.29, 0.717) is 5.84 Å². The number of benzene rings is 8. The maximum absolute atomic E-state index is 6.74. The van der Waals surface area contributed by atoms with Gasteiger partial charge in [-0.3, -0.25) is 0 Å². The molecule has 6 heteroatoms. The Bertz CT molecular complexity index is 3390. The zero-order chi connectivity index (χ0) is 37.5. The molecule has 1 aliphatic rings.